The minimum Gasteiger partial charge on any atom is -0.378 e. The topological polar surface area (TPSA) is 29.9 Å². The van der Waals surface area contributed by atoms with Crippen molar-refractivity contribution < 1.29 is 0 Å². The molecular weight excluding hydrogens is 428 g/mol. The van der Waals surface area contributed by atoms with Gasteiger partial charge in [0.2, 0.25) is 0 Å². The van der Waals surface area contributed by atoms with Crippen molar-refractivity contribution in [1.82, 2.24) is 9.78 Å². The number of halogens is 3. The van der Waals surface area contributed by atoms with E-state index in [1.165, 1.54) is 0 Å². The van der Waals surface area contributed by atoms with Crippen LogP contribution in [0, 0.1) is 10.5 Å². The maximum absolute atomic E-state index is 6.15. The Kier molecular flexibility index (Phi) is 4.55. The van der Waals surface area contributed by atoms with E-state index in [-0.39, 0.29) is 0 Å². The van der Waals surface area contributed by atoms with Gasteiger partial charge in [-0.05, 0) is 63.6 Å². The van der Waals surface area contributed by atoms with Crippen molar-refractivity contribution in [2.45, 2.75) is 13.5 Å². The summed E-state index contributed by atoms with van der Waals surface area (Å²) in [6.45, 7) is 2.66. The van der Waals surface area contributed by atoms with E-state index in [1.807, 2.05) is 36.9 Å². The van der Waals surface area contributed by atoms with Crippen LogP contribution in [0.25, 0.3) is 0 Å². The molecule has 0 bridgehead atoms. The summed E-state index contributed by atoms with van der Waals surface area (Å²) >= 11 is 12.0. The Morgan fingerprint density at radius 2 is 2.22 bits per heavy atom. The van der Waals surface area contributed by atoms with E-state index in [1.54, 1.807) is 0 Å². The van der Waals surface area contributed by atoms with E-state index < -0.39 is 0 Å². The first kappa shape index (κ1) is 14.1. The van der Waals surface area contributed by atoms with Crippen LogP contribution in [0.3, 0.4) is 0 Å². The fourth-order valence-corrected chi connectivity index (χ4v) is 2.84. The smallest absolute Gasteiger partial charge is 0.0739 e. The largest absolute Gasteiger partial charge is 0.378 e. The molecule has 0 aliphatic carbocycles. The molecule has 0 unspecified atom stereocenters. The summed E-state index contributed by atoms with van der Waals surface area (Å²) in [5.74, 6) is 0. The van der Waals surface area contributed by atoms with Crippen LogP contribution >= 0.6 is 50.1 Å². The first-order chi connectivity index (χ1) is 8.49. The quantitative estimate of drug-likeness (QED) is 0.719. The minimum absolute atomic E-state index is 0.678. The number of benzene rings is 1. The highest BCUT2D eigenvalue weighted by Gasteiger charge is 2.10. The number of rotatable bonds is 3. The van der Waals surface area contributed by atoms with E-state index in [2.05, 4.69) is 48.9 Å². The van der Waals surface area contributed by atoms with Gasteiger partial charge in [0.05, 0.1) is 33.1 Å². The van der Waals surface area contributed by atoms with Crippen LogP contribution in [0.4, 0.5) is 5.69 Å². The zero-order valence-electron chi connectivity index (χ0n) is 9.97. The second-order valence-electron chi connectivity index (χ2n) is 3.95. The Labute approximate surface area is 133 Å². The number of nitrogens with zero attached hydrogens (tertiary/aromatic N) is 2. The second kappa shape index (κ2) is 5.79. The van der Waals surface area contributed by atoms with Crippen molar-refractivity contribution in [3.05, 3.63) is 42.7 Å². The van der Waals surface area contributed by atoms with Crippen molar-refractivity contribution in [3.8, 4) is 0 Å². The first-order valence-corrected chi connectivity index (χ1v) is 7.61. The number of aromatic nitrogens is 2. The monoisotopic (exact) mass is 439 g/mol. The number of hydrogen-bond donors (Lipinski definition) is 1. The summed E-state index contributed by atoms with van der Waals surface area (Å²) in [6.07, 6.45) is 0. The van der Waals surface area contributed by atoms with Gasteiger partial charge in [-0.25, -0.2) is 0 Å². The van der Waals surface area contributed by atoms with Crippen LogP contribution in [-0.4, -0.2) is 9.78 Å². The van der Waals surface area contributed by atoms with Gasteiger partial charge in [-0.3, -0.25) is 4.68 Å². The number of nitrogens with one attached hydrogen (secondary N) is 1. The number of anilines is 1. The van der Waals surface area contributed by atoms with E-state index in [0.29, 0.717) is 6.54 Å². The lowest BCUT2D eigenvalue weighted by Crippen LogP contribution is -2.06. The fourth-order valence-electron chi connectivity index (χ4n) is 1.68. The molecule has 0 aliphatic heterocycles. The van der Waals surface area contributed by atoms with Crippen molar-refractivity contribution in [2.24, 2.45) is 7.05 Å². The van der Waals surface area contributed by atoms with Gasteiger partial charge in [0.25, 0.3) is 0 Å². The van der Waals surface area contributed by atoms with Gasteiger partial charge < -0.3 is 5.32 Å². The normalized spacial score (nSPS) is 10.7. The molecule has 2 aromatic rings. The lowest BCUT2D eigenvalue weighted by atomic mass is 10.3. The van der Waals surface area contributed by atoms with Gasteiger partial charge in [-0.1, -0.05) is 11.6 Å². The van der Waals surface area contributed by atoms with Gasteiger partial charge in [-0.15, -0.1) is 0 Å². The van der Waals surface area contributed by atoms with Crippen LogP contribution in [-0.2, 0) is 13.6 Å². The van der Waals surface area contributed by atoms with Gasteiger partial charge in [-0.2, -0.15) is 5.10 Å². The third-order valence-electron chi connectivity index (χ3n) is 2.64. The van der Waals surface area contributed by atoms with E-state index >= 15 is 0 Å². The zero-order chi connectivity index (χ0) is 13.3. The number of hydrogen-bond acceptors (Lipinski definition) is 2. The molecule has 0 atom stereocenters. The Hall–Kier alpha value is -0.270. The predicted molar refractivity (Wildman–Crippen MR) is 87.1 cm³/mol. The molecule has 0 amide bonds. The lowest BCUT2D eigenvalue weighted by Gasteiger charge is -2.09. The average molecular weight is 441 g/mol. The van der Waals surface area contributed by atoms with Gasteiger partial charge >= 0.3 is 0 Å². The molecule has 0 saturated carbocycles. The summed E-state index contributed by atoms with van der Waals surface area (Å²) in [5.41, 5.74) is 3.03. The standard InChI is InChI=1S/C12H12BrClIN3/c1-7-12(13)11(18(2)17-7)6-16-10-5-8(15)3-4-9(10)14/h3-5,16H,6H2,1-2H3. The molecule has 0 fully saturated rings. The van der Waals surface area contributed by atoms with Crippen molar-refractivity contribution in [1.29, 1.82) is 0 Å². The zero-order valence-corrected chi connectivity index (χ0v) is 14.5. The van der Waals surface area contributed by atoms with E-state index in [0.717, 1.165) is 30.1 Å². The summed E-state index contributed by atoms with van der Waals surface area (Å²) in [6, 6.07) is 5.91. The predicted octanol–water partition coefficient (Wildman–Crippen LogP) is 4.36. The summed E-state index contributed by atoms with van der Waals surface area (Å²) in [5, 5.41) is 8.42. The summed E-state index contributed by atoms with van der Waals surface area (Å²) in [7, 11) is 1.94. The van der Waals surface area contributed by atoms with Crippen molar-refractivity contribution in [3.63, 3.8) is 0 Å². The van der Waals surface area contributed by atoms with Crippen molar-refractivity contribution in [2.75, 3.05) is 5.32 Å². The molecule has 2 rings (SSSR count). The molecule has 0 aliphatic rings. The SMILES string of the molecule is Cc1nn(C)c(CNc2cc(I)ccc2Cl)c1Br. The molecule has 18 heavy (non-hydrogen) atoms. The molecule has 1 aromatic heterocycles. The minimum atomic E-state index is 0.678. The molecule has 6 heteroatoms. The summed E-state index contributed by atoms with van der Waals surface area (Å²) in [4.78, 5) is 0. The number of aryl methyl sites for hydroxylation is 2. The Bertz CT molecular complexity index is 583. The molecule has 0 spiro atoms. The third kappa shape index (κ3) is 3.00. The Balaban J connectivity index is 2.19. The van der Waals surface area contributed by atoms with Crippen LogP contribution in [0.5, 0.6) is 0 Å². The van der Waals surface area contributed by atoms with Gasteiger partial charge in [0.1, 0.15) is 0 Å². The van der Waals surface area contributed by atoms with E-state index in [9.17, 15) is 0 Å². The molecule has 1 heterocycles. The first-order valence-electron chi connectivity index (χ1n) is 5.36. The Morgan fingerprint density at radius 1 is 1.50 bits per heavy atom. The van der Waals surface area contributed by atoms with Crippen LogP contribution in [0.2, 0.25) is 5.02 Å². The van der Waals surface area contributed by atoms with Gasteiger partial charge in [0, 0.05) is 10.6 Å². The summed E-state index contributed by atoms with van der Waals surface area (Å²) < 4.78 is 4.06. The fraction of sp³-hybridized carbons (Fsp3) is 0.250. The highest BCUT2D eigenvalue weighted by atomic mass is 127. The molecule has 1 N–H and O–H groups in total. The molecule has 0 saturated heterocycles. The van der Waals surface area contributed by atoms with E-state index in [4.69, 9.17) is 11.6 Å². The lowest BCUT2D eigenvalue weighted by molar-refractivity contribution is 0.712. The third-order valence-corrected chi connectivity index (χ3v) is 4.67. The van der Waals surface area contributed by atoms with Gasteiger partial charge in [0.15, 0.2) is 0 Å². The van der Waals surface area contributed by atoms with Crippen LogP contribution < -0.4 is 5.32 Å². The maximum Gasteiger partial charge on any atom is 0.0739 e. The Morgan fingerprint density at radius 3 is 2.83 bits per heavy atom. The average Bonchev–Trinajstić information content (AvgIpc) is 2.55. The van der Waals surface area contributed by atoms with Crippen LogP contribution in [0.1, 0.15) is 11.4 Å². The highest BCUT2D eigenvalue weighted by molar-refractivity contribution is 14.1. The molecular formula is C12H12BrClIN3. The molecule has 96 valence electrons. The molecule has 0 radical (unpaired) electrons. The highest BCUT2D eigenvalue weighted by Crippen LogP contribution is 2.26. The second-order valence-corrected chi connectivity index (χ2v) is 6.39. The molecule has 1 aromatic carbocycles. The molecule has 3 nitrogen and oxygen atoms in total. The van der Waals surface area contributed by atoms with Crippen LogP contribution in [0.15, 0.2) is 22.7 Å². The maximum atomic E-state index is 6.15. The van der Waals surface area contributed by atoms with Crippen molar-refractivity contribution >= 4 is 55.8 Å².